The van der Waals surface area contributed by atoms with Crippen LogP contribution in [0, 0.1) is 0 Å². The molecular formula is C36H24N2. The third-order valence-corrected chi connectivity index (χ3v) is 7.70. The van der Waals surface area contributed by atoms with E-state index in [1.807, 2.05) is 0 Å². The number of hydrogen-bond acceptors (Lipinski definition) is 0. The third kappa shape index (κ3) is 3.07. The Morgan fingerprint density at radius 2 is 0.789 bits per heavy atom. The Morgan fingerprint density at radius 1 is 0.289 bits per heavy atom. The van der Waals surface area contributed by atoms with E-state index in [0.717, 1.165) is 0 Å². The molecule has 0 bridgehead atoms. The molecule has 2 aromatic heterocycles. The van der Waals surface area contributed by atoms with Gasteiger partial charge in [-0.05, 0) is 59.7 Å². The summed E-state index contributed by atoms with van der Waals surface area (Å²) < 4.78 is 4.82. The lowest BCUT2D eigenvalue weighted by molar-refractivity contribution is 1.16. The molecule has 2 heterocycles. The van der Waals surface area contributed by atoms with E-state index in [1.54, 1.807) is 0 Å². The summed E-state index contributed by atoms with van der Waals surface area (Å²) in [6.07, 6.45) is 0. The van der Waals surface area contributed by atoms with Crippen LogP contribution in [0.2, 0.25) is 0 Å². The van der Waals surface area contributed by atoms with Crippen LogP contribution < -0.4 is 0 Å². The molecule has 178 valence electrons. The van der Waals surface area contributed by atoms with E-state index in [2.05, 4.69) is 155 Å². The molecule has 0 aliphatic rings. The Bertz CT molecular complexity index is 2100. The van der Waals surface area contributed by atoms with Crippen LogP contribution in [0.3, 0.4) is 0 Å². The zero-order valence-corrected chi connectivity index (χ0v) is 20.8. The number of nitrogens with zero attached hydrogens (tertiary/aromatic N) is 2. The van der Waals surface area contributed by atoms with Crippen LogP contribution in [0.1, 0.15) is 0 Å². The van der Waals surface area contributed by atoms with Gasteiger partial charge < -0.3 is 9.13 Å². The van der Waals surface area contributed by atoms with Gasteiger partial charge in [0.2, 0.25) is 0 Å². The normalized spacial score (nSPS) is 11.7. The van der Waals surface area contributed by atoms with Crippen LogP contribution in [0.15, 0.2) is 146 Å². The fourth-order valence-corrected chi connectivity index (χ4v) is 6.00. The number of aromatic nitrogens is 2. The van der Waals surface area contributed by atoms with Crippen LogP contribution in [-0.4, -0.2) is 9.13 Å². The molecule has 6 aromatic carbocycles. The minimum atomic E-state index is 1.17. The maximum absolute atomic E-state index is 2.42. The third-order valence-electron chi connectivity index (χ3n) is 7.70. The summed E-state index contributed by atoms with van der Waals surface area (Å²) in [6.45, 7) is 0. The Balaban J connectivity index is 1.54. The van der Waals surface area contributed by atoms with Gasteiger partial charge >= 0.3 is 0 Å². The second kappa shape index (κ2) is 8.22. The number of fused-ring (bicyclic) bond motifs is 6. The van der Waals surface area contributed by atoms with Gasteiger partial charge in [0.25, 0.3) is 0 Å². The van der Waals surface area contributed by atoms with Crippen molar-refractivity contribution in [1.29, 1.82) is 0 Å². The Kier molecular flexibility index (Phi) is 4.55. The van der Waals surface area contributed by atoms with Gasteiger partial charge in [-0.3, -0.25) is 0 Å². The lowest BCUT2D eigenvalue weighted by Gasteiger charge is -2.10. The molecule has 2 heteroatoms. The van der Waals surface area contributed by atoms with Crippen LogP contribution in [0.5, 0.6) is 0 Å². The van der Waals surface area contributed by atoms with Crippen molar-refractivity contribution in [1.82, 2.24) is 9.13 Å². The minimum absolute atomic E-state index is 1.17. The van der Waals surface area contributed by atoms with E-state index in [9.17, 15) is 0 Å². The molecule has 0 saturated carbocycles. The van der Waals surface area contributed by atoms with Crippen LogP contribution >= 0.6 is 0 Å². The molecule has 8 rings (SSSR count). The van der Waals surface area contributed by atoms with Gasteiger partial charge in [-0.2, -0.15) is 0 Å². The largest absolute Gasteiger partial charge is 0.309 e. The van der Waals surface area contributed by atoms with Crippen molar-refractivity contribution in [2.75, 3.05) is 0 Å². The molecule has 0 atom stereocenters. The first-order valence-corrected chi connectivity index (χ1v) is 13.0. The highest BCUT2D eigenvalue weighted by atomic mass is 15.0. The average Bonchev–Trinajstić information content (AvgIpc) is 3.49. The van der Waals surface area contributed by atoms with E-state index in [-0.39, 0.29) is 0 Å². The molecule has 0 fully saturated rings. The Hall–Kier alpha value is -5.08. The number of benzene rings is 6. The first-order chi connectivity index (χ1) is 18.9. The molecule has 0 radical (unpaired) electrons. The molecule has 0 aliphatic heterocycles. The van der Waals surface area contributed by atoms with E-state index < -0.39 is 0 Å². The molecule has 0 unspecified atom stereocenters. The summed E-state index contributed by atoms with van der Waals surface area (Å²) in [4.78, 5) is 0. The molecule has 38 heavy (non-hydrogen) atoms. The van der Waals surface area contributed by atoms with Gasteiger partial charge in [-0.25, -0.2) is 0 Å². The second-order valence-electron chi connectivity index (χ2n) is 9.84. The molecule has 0 N–H and O–H groups in total. The monoisotopic (exact) mass is 484 g/mol. The first-order valence-electron chi connectivity index (χ1n) is 13.0. The molecule has 8 aromatic rings. The van der Waals surface area contributed by atoms with Crippen LogP contribution in [0.4, 0.5) is 0 Å². The fraction of sp³-hybridized carbons (Fsp3) is 0. The van der Waals surface area contributed by atoms with Gasteiger partial charge in [-0.15, -0.1) is 0 Å². The van der Waals surface area contributed by atoms with E-state index in [1.165, 1.54) is 66.1 Å². The molecule has 0 spiro atoms. The summed E-state index contributed by atoms with van der Waals surface area (Å²) in [5.41, 5.74) is 9.66. The van der Waals surface area contributed by atoms with Crippen LogP contribution in [-0.2, 0) is 0 Å². The molecule has 2 nitrogen and oxygen atoms in total. The zero-order valence-electron chi connectivity index (χ0n) is 20.8. The lowest BCUT2D eigenvalue weighted by Crippen LogP contribution is -1.95. The van der Waals surface area contributed by atoms with E-state index >= 15 is 0 Å². The van der Waals surface area contributed by atoms with Crippen molar-refractivity contribution in [3.63, 3.8) is 0 Å². The topological polar surface area (TPSA) is 9.86 Å². The summed E-state index contributed by atoms with van der Waals surface area (Å²) in [5, 5.41) is 5.08. The van der Waals surface area contributed by atoms with Gasteiger partial charge in [0.15, 0.2) is 0 Å². The van der Waals surface area contributed by atoms with E-state index in [0.29, 0.717) is 0 Å². The molecule has 0 saturated heterocycles. The van der Waals surface area contributed by atoms with Crippen molar-refractivity contribution < 1.29 is 0 Å². The van der Waals surface area contributed by atoms with Gasteiger partial charge in [0.05, 0.1) is 22.1 Å². The minimum Gasteiger partial charge on any atom is -0.309 e. The highest BCUT2D eigenvalue weighted by molar-refractivity contribution is 6.19. The smallest absolute Gasteiger partial charge is 0.0562 e. The summed E-state index contributed by atoms with van der Waals surface area (Å²) in [7, 11) is 0. The van der Waals surface area contributed by atoms with Gasteiger partial charge in [0.1, 0.15) is 0 Å². The van der Waals surface area contributed by atoms with Crippen molar-refractivity contribution in [3.05, 3.63) is 146 Å². The Labute approximate surface area is 220 Å². The SMILES string of the molecule is c1ccc(-c2ccc3c4cc5c6ccccc6n(-c6ccccc6)c5cc4n(-c4ccccc4)c3c2)cc1. The standard InChI is InChI=1S/C36H24N2/c1-4-12-25(13-5-1)26-20-21-30-32-23-31-29-18-10-11-19-33(29)37(27-14-6-2-7-15-27)35(31)24-36(32)38(34(30)22-26)28-16-8-3-9-17-28/h1-24H. The molecular weight excluding hydrogens is 460 g/mol. The van der Waals surface area contributed by atoms with E-state index in [4.69, 9.17) is 0 Å². The highest BCUT2D eigenvalue weighted by Crippen LogP contribution is 2.40. The number of hydrogen-bond donors (Lipinski definition) is 0. The Morgan fingerprint density at radius 3 is 1.45 bits per heavy atom. The maximum atomic E-state index is 2.42. The predicted molar refractivity (Wildman–Crippen MR) is 161 cm³/mol. The second-order valence-corrected chi connectivity index (χ2v) is 9.84. The van der Waals surface area contributed by atoms with Crippen molar-refractivity contribution in [2.45, 2.75) is 0 Å². The van der Waals surface area contributed by atoms with Crippen molar-refractivity contribution in [3.8, 4) is 22.5 Å². The fourth-order valence-electron chi connectivity index (χ4n) is 6.00. The van der Waals surface area contributed by atoms with Gasteiger partial charge in [0, 0.05) is 32.9 Å². The zero-order chi connectivity index (χ0) is 25.1. The summed E-state index contributed by atoms with van der Waals surface area (Å²) >= 11 is 0. The predicted octanol–water partition coefficient (Wildman–Crippen LogP) is 9.55. The quantitative estimate of drug-likeness (QED) is 0.236. The average molecular weight is 485 g/mol. The highest BCUT2D eigenvalue weighted by Gasteiger charge is 2.18. The van der Waals surface area contributed by atoms with Gasteiger partial charge in [-0.1, -0.05) is 97.1 Å². The lowest BCUT2D eigenvalue weighted by atomic mass is 10.0. The molecule has 0 aliphatic carbocycles. The number of rotatable bonds is 3. The maximum Gasteiger partial charge on any atom is 0.0562 e. The van der Waals surface area contributed by atoms with Crippen molar-refractivity contribution >= 4 is 43.6 Å². The summed E-state index contributed by atoms with van der Waals surface area (Å²) in [6, 6.07) is 52.4. The van der Waals surface area contributed by atoms with Crippen LogP contribution in [0.25, 0.3) is 66.1 Å². The molecule has 0 amide bonds. The summed E-state index contributed by atoms with van der Waals surface area (Å²) in [5.74, 6) is 0. The van der Waals surface area contributed by atoms with Crippen molar-refractivity contribution in [2.24, 2.45) is 0 Å². The number of para-hydroxylation sites is 3. The first kappa shape index (κ1) is 21.0.